The molecule has 0 bridgehead atoms. The van der Waals surface area contributed by atoms with E-state index in [9.17, 15) is 14.7 Å². The van der Waals surface area contributed by atoms with Gasteiger partial charge in [0.05, 0.1) is 19.8 Å². The minimum Gasteiger partial charge on any atom is -0.493 e. The summed E-state index contributed by atoms with van der Waals surface area (Å²) in [7, 11) is 3.30. The van der Waals surface area contributed by atoms with E-state index in [1.807, 2.05) is 32.0 Å². The Morgan fingerprint density at radius 2 is 1.85 bits per heavy atom. The number of carbonyl (C=O) groups is 2. The molecule has 0 unspecified atom stereocenters. The lowest BCUT2D eigenvalue weighted by Crippen LogP contribution is -2.45. The van der Waals surface area contributed by atoms with Crippen molar-refractivity contribution in [3.05, 3.63) is 23.8 Å². The summed E-state index contributed by atoms with van der Waals surface area (Å²) in [6, 6.07) is 5.51. The third kappa shape index (κ3) is 11.8. The number of nitrogens with two attached hydrogens (primary N) is 1. The van der Waals surface area contributed by atoms with Crippen LogP contribution in [0, 0.1) is 23.7 Å². The minimum absolute atomic E-state index is 0. The number of ether oxygens (including phenoxy) is 3. The number of hydrogen-bond donors (Lipinski definition) is 4. The molecule has 1 fully saturated rings. The van der Waals surface area contributed by atoms with Gasteiger partial charge in [0.25, 0.3) is 0 Å². The van der Waals surface area contributed by atoms with E-state index in [0.717, 1.165) is 24.8 Å². The summed E-state index contributed by atoms with van der Waals surface area (Å²) in [5.74, 6) is 1.60. The zero-order valence-corrected chi connectivity index (χ0v) is 25.9. The van der Waals surface area contributed by atoms with Crippen molar-refractivity contribution in [3.8, 4) is 11.5 Å². The highest BCUT2D eigenvalue weighted by Gasteiger charge is 2.30. The SMILES string of the molecule is COCCCOc1cc(C[C@@H](C[C@H](N)[C@@H](O)C[C@H](C(=O)NC[C@H]2CCC(=O)N2)C(C)C)C(C)C)ccc1OC.Cl. The molecule has 2 amide bonds. The van der Waals surface area contributed by atoms with Gasteiger partial charge in [-0.3, -0.25) is 9.59 Å². The Hall–Kier alpha value is -2.07. The molecule has 1 aromatic carbocycles. The van der Waals surface area contributed by atoms with E-state index in [1.54, 1.807) is 14.2 Å². The minimum atomic E-state index is -0.800. The lowest BCUT2D eigenvalue weighted by molar-refractivity contribution is -0.128. The molecule has 1 heterocycles. The van der Waals surface area contributed by atoms with Crippen molar-refractivity contribution in [2.24, 2.45) is 29.4 Å². The summed E-state index contributed by atoms with van der Waals surface area (Å²) in [4.78, 5) is 24.4. The van der Waals surface area contributed by atoms with Gasteiger partial charge in [-0.25, -0.2) is 0 Å². The van der Waals surface area contributed by atoms with Crippen LogP contribution in [-0.2, 0) is 20.7 Å². The van der Waals surface area contributed by atoms with E-state index in [2.05, 4.69) is 24.5 Å². The third-order valence-corrected chi connectivity index (χ3v) is 7.73. The third-order valence-electron chi connectivity index (χ3n) is 7.73. The number of benzene rings is 1. The fourth-order valence-electron chi connectivity index (χ4n) is 5.05. The number of halogens is 1. The Morgan fingerprint density at radius 3 is 2.42 bits per heavy atom. The van der Waals surface area contributed by atoms with Crippen LogP contribution >= 0.6 is 12.4 Å². The average molecular weight is 586 g/mol. The molecular weight excluding hydrogens is 534 g/mol. The van der Waals surface area contributed by atoms with Gasteiger partial charge in [0.2, 0.25) is 11.8 Å². The van der Waals surface area contributed by atoms with Crippen LogP contribution < -0.4 is 25.8 Å². The van der Waals surface area contributed by atoms with Crippen LogP contribution in [0.4, 0.5) is 0 Å². The molecule has 1 saturated heterocycles. The lowest BCUT2D eigenvalue weighted by Gasteiger charge is -2.30. The van der Waals surface area contributed by atoms with Crippen molar-refractivity contribution < 1.29 is 28.9 Å². The Kier molecular flexibility index (Phi) is 16.5. The van der Waals surface area contributed by atoms with E-state index in [1.165, 1.54) is 0 Å². The molecular formula is C30H52ClN3O6. The summed E-state index contributed by atoms with van der Waals surface area (Å²) in [6.45, 7) is 9.88. The molecule has 10 heteroatoms. The number of aliphatic hydroxyl groups excluding tert-OH is 1. The van der Waals surface area contributed by atoms with Crippen molar-refractivity contribution >= 4 is 24.2 Å². The zero-order valence-electron chi connectivity index (χ0n) is 25.1. The molecule has 5 atom stereocenters. The Morgan fingerprint density at radius 1 is 1.12 bits per heavy atom. The number of hydrogen-bond acceptors (Lipinski definition) is 7. The first-order valence-corrected chi connectivity index (χ1v) is 14.3. The average Bonchev–Trinajstić information content (AvgIpc) is 3.32. The van der Waals surface area contributed by atoms with Gasteiger partial charge in [-0.2, -0.15) is 0 Å². The largest absolute Gasteiger partial charge is 0.493 e. The summed E-state index contributed by atoms with van der Waals surface area (Å²) >= 11 is 0. The summed E-state index contributed by atoms with van der Waals surface area (Å²) < 4.78 is 16.5. The predicted molar refractivity (Wildman–Crippen MR) is 160 cm³/mol. The zero-order chi connectivity index (χ0) is 28.9. The number of nitrogens with one attached hydrogen (secondary N) is 2. The van der Waals surface area contributed by atoms with Gasteiger partial charge in [0, 0.05) is 51.1 Å². The van der Waals surface area contributed by atoms with Gasteiger partial charge in [0.15, 0.2) is 11.5 Å². The molecule has 2 rings (SSSR count). The standard InChI is InChI=1S/C30H51N3O6.ClH/c1-19(2)22(14-21-8-10-27(38-6)28(15-21)39-13-7-12-37-5)16-25(31)26(34)17-24(20(3)4)30(36)32-18-23-9-11-29(35)33-23;/h8,10,15,19-20,22-26,34H,7,9,11-14,16-18,31H2,1-6H3,(H,32,36)(H,33,35);1H/t22-,23+,24-,25-,26-;/m0./s1. The second-order valence-electron chi connectivity index (χ2n) is 11.5. The highest BCUT2D eigenvalue weighted by molar-refractivity contribution is 5.85. The normalized spacial score (nSPS) is 18.1. The Labute approximate surface area is 246 Å². The van der Waals surface area contributed by atoms with Gasteiger partial charge >= 0.3 is 0 Å². The number of carbonyl (C=O) groups excluding carboxylic acids is 2. The van der Waals surface area contributed by atoms with Crippen molar-refractivity contribution in [3.63, 3.8) is 0 Å². The molecule has 0 radical (unpaired) electrons. The van der Waals surface area contributed by atoms with E-state index in [0.29, 0.717) is 56.4 Å². The fraction of sp³-hybridized carbons (Fsp3) is 0.733. The molecule has 0 aliphatic carbocycles. The first-order valence-electron chi connectivity index (χ1n) is 14.3. The molecule has 40 heavy (non-hydrogen) atoms. The molecule has 0 aromatic heterocycles. The van der Waals surface area contributed by atoms with Crippen molar-refractivity contribution in [2.45, 2.75) is 84.4 Å². The monoisotopic (exact) mass is 585 g/mol. The summed E-state index contributed by atoms with van der Waals surface area (Å²) in [6.07, 6.45) is 2.94. The van der Waals surface area contributed by atoms with Crippen LogP contribution in [0.3, 0.4) is 0 Å². The van der Waals surface area contributed by atoms with Gasteiger partial charge in [-0.05, 0) is 61.1 Å². The summed E-state index contributed by atoms with van der Waals surface area (Å²) in [5, 5.41) is 16.9. The Bertz CT molecular complexity index is 900. The number of rotatable bonds is 18. The first-order chi connectivity index (χ1) is 18.5. The predicted octanol–water partition coefficient (Wildman–Crippen LogP) is 3.48. The molecule has 0 spiro atoms. The molecule has 9 nitrogen and oxygen atoms in total. The smallest absolute Gasteiger partial charge is 0.223 e. The van der Waals surface area contributed by atoms with Crippen LogP contribution in [0.1, 0.15) is 65.4 Å². The van der Waals surface area contributed by atoms with Crippen molar-refractivity contribution in [1.82, 2.24) is 10.6 Å². The molecule has 1 aliphatic rings. The molecule has 1 aromatic rings. The van der Waals surface area contributed by atoms with Gasteiger partial charge in [0.1, 0.15) is 0 Å². The van der Waals surface area contributed by atoms with Crippen LogP contribution in [-0.4, -0.2) is 69.1 Å². The number of aliphatic hydroxyl groups is 1. The van der Waals surface area contributed by atoms with Gasteiger partial charge < -0.3 is 35.7 Å². The fourth-order valence-corrected chi connectivity index (χ4v) is 5.05. The molecule has 0 saturated carbocycles. The van der Waals surface area contributed by atoms with Crippen molar-refractivity contribution in [2.75, 3.05) is 34.0 Å². The maximum Gasteiger partial charge on any atom is 0.223 e. The highest BCUT2D eigenvalue weighted by Crippen LogP contribution is 2.31. The topological polar surface area (TPSA) is 132 Å². The summed E-state index contributed by atoms with van der Waals surface area (Å²) in [5.41, 5.74) is 7.65. The second kappa shape index (κ2) is 18.4. The van der Waals surface area contributed by atoms with E-state index < -0.39 is 12.1 Å². The number of methoxy groups -OCH3 is 2. The van der Waals surface area contributed by atoms with E-state index >= 15 is 0 Å². The first kappa shape index (κ1) is 36.0. The van der Waals surface area contributed by atoms with Gasteiger partial charge in [-0.15, -0.1) is 12.4 Å². The van der Waals surface area contributed by atoms with Crippen LogP contribution in [0.25, 0.3) is 0 Å². The van der Waals surface area contributed by atoms with E-state index in [4.69, 9.17) is 19.9 Å². The maximum atomic E-state index is 12.9. The van der Waals surface area contributed by atoms with Crippen LogP contribution in [0.15, 0.2) is 18.2 Å². The lowest BCUT2D eigenvalue weighted by atomic mass is 9.81. The quantitative estimate of drug-likeness (QED) is 0.194. The number of amides is 2. The second-order valence-corrected chi connectivity index (χ2v) is 11.5. The maximum absolute atomic E-state index is 12.9. The molecule has 5 N–H and O–H groups in total. The van der Waals surface area contributed by atoms with Crippen LogP contribution in [0.5, 0.6) is 11.5 Å². The van der Waals surface area contributed by atoms with Crippen LogP contribution in [0.2, 0.25) is 0 Å². The van der Waals surface area contributed by atoms with Crippen molar-refractivity contribution in [1.29, 1.82) is 0 Å². The highest BCUT2D eigenvalue weighted by atomic mass is 35.5. The molecule has 1 aliphatic heterocycles. The van der Waals surface area contributed by atoms with E-state index in [-0.39, 0.29) is 48.0 Å². The van der Waals surface area contributed by atoms with Gasteiger partial charge in [-0.1, -0.05) is 33.8 Å². The molecule has 230 valence electrons. The Balaban J connectivity index is 0.00000800.